The summed E-state index contributed by atoms with van der Waals surface area (Å²) < 4.78 is 0. The van der Waals surface area contributed by atoms with Crippen LogP contribution >= 0.6 is 0 Å². The lowest BCUT2D eigenvalue weighted by Gasteiger charge is -2.31. The lowest BCUT2D eigenvalue weighted by molar-refractivity contribution is 0.0711. The predicted octanol–water partition coefficient (Wildman–Crippen LogP) is 2.15. The Kier molecular flexibility index (Phi) is 4.38. The number of likely N-dealkylation sites (tertiary alicyclic amines) is 1. The van der Waals surface area contributed by atoms with Crippen LogP contribution in [0.4, 0.5) is 0 Å². The smallest absolute Gasteiger partial charge is 0.269 e. The highest BCUT2D eigenvalue weighted by atomic mass is 16.2. The summed E-state index contributed by atoms with van der Waals surface area (Å²) >= 11 is 0. The van der Waals surface area contributed by atoms with E-state index in [2.05, 4.69) is 16.3 Å². The first-order valence-electron chi connectivity index (χ1n) is 8.16. The molecule has 0 bridgehead atoms. The second-order valence-corrected chi connectivity index (χ2v) is 6.52. The van der Waals surface area contributed by atoms with Crippen LogP contribution < -0.4 is 5.73 Å². The van der Waals surface area contributed by atoms with Gasteiger partial charge in [-0.15, -0.1) is 0 Å². The van der Waals surface area contributed by atoms with Gasteiger partial charge in [-0.05, 0) is 44.9 Å². The van der Waals surface area contributed by atoms with Gasteiger partial charge in [-0.25, -0.2) is 0 Å². The second kappa shape index (κ2) is 6.47. The molecule has 2 aromatic rings. The van der Waals surface area contributed by atoms with Crippen LogP contribution in [0.2, 0.25) is 0 Å². The number of piperidine rings is 1. The molecule has 0 aliphatic carbocycles. The van der Waals surface area contributed by atoms with Crippen LogP contribution in [-0.4, -0.2) is 40.0 Å². The van der Waals surface area contributed by atoms with E-state index in [0.29, 0.717) is 13.1 Å². The molecule has 6 nitrogen and oxygen atoms in total. The monoisotopic (exact) mass is 326 g/mol. The Labute approximate surface area is 141 Å². The number of amides is 2. The predicted molar refractivity (Wildman–Crippen MR) is 90.9 cm³/mol. The summed E-state index contributed by atoms with van der Waals surface area (Å²) in [6, 6.07) is 7.66. The average molecular weight is 326 g/mol. The number of hydrogen-bond acceptors (Lipinski definition) is 3. The number of carbonyl (C=O) groups excluding carboxylic acids is 2. The third kappa shape index (κ3) is 3.32. The molecule has 0 radical (unpaired) electrons. The van der Waals surface area contributed by atoms with Gasteiger partial charge in [0.15, 0.2) is 0 Å². The molecule has 1 aliphatic rings. The molecule has 126 valence electrons. The number of nitrogens with two attached hydrogens (primary N) is 1. The molecule has 1 aromatic heterocycles. The Bertz CT molecular complexity index is 753. The minimum atomic E-state index is -0.528. The molecule has 0 unspecified atom stereocenters. The highest BCUT2D eigenvalue weighted by Crippen LogP contribution is 2.28. The van der Waals surface area contributed by atoms with Gasteiger partial charge in [-0.2, -0.15) is 5.10 Å². The van der Waals surface area contributed by atoms with E-state index in [0.717, 1.165) is 35.2 Å². The number of benzene rings is 1. The molecule has 0 atom stereocenters. The summed E-state index contributed by atoms with van der Waals surface area (Å²) in [6.07, 6.45) is 1.69. The third-order valence-electron chi connectivity index (χ3n) is 4.54. The molecule has 1 saturated heterocycles. The minimum absolute atomic E-state index is 0.0858. The molecule has 1 aromatic carbocycles. The molecule has 3 N–H and O–H groups in total. The van der Waals surface area contributed by atoms with Gasteiger partial charge >= 0.3 is 0 Å². The molecular weight excluding hydrogens is 304 g/mol. The van der Waals surface area contributed by atoms with E-state index in [-0.39, 0.29) is 17.5 Å². The van der Waals surface area contributed by atoms with E-state index in [1.807, 2.05) is 30.9 Å². The highest BCUT2D eigenvalue weighted by molar-refractivity contribution is 5.94. The van der Waals surface area contributed by atoms with Crippen LogP contribution in [-0.2, 0) is 0 Å². The average Bonchev–Trinajstić information content (AvgIpc) is 3.03. The van der Waals surface area contributed by atoms with Crippen molar-refractivity contribution in [3.63, 3.8) is 0 Å². The second-order valence-electron chi connectivity index (χ2n) is 6.52. The van der Waals surface area contributed by atoms with Crippen LogP contribution in [0.5, 0.6) is 0 Å². The first-order chi connectivity index (χ1) is 11.4. The number of carbonyl (C=O) groups is 2. The first kappa shape index (κ1) is 16.2. The normalized spacial score (nSPS) is 15.5. The maximum Gasteiger partial charge on any atom is 0.269 e. The van der Waals surface area contributed by atoms with Gasteiger partial charge < -0.3 is 10.6 Å². The summed E-state index contributed by atoms with van der Waals surface area (Å²) in [4.78, 5) is 25.7. The topological polar surface area (TPSA) is 92.1 Å². The zero-order valence-electron chi connectivity index (χ0n) is 14.0. The van der Waals surface area contributed by atoms with E-state index in [4.69, 9.17) is 5.73 Å². The third-order valence-corrected chi connectivity index (χ3v) is 4.54. The summed E-state index contributed by atoms with van der Waals surface area (Å²) in [5.41, 5.74) is 9.37. The number of hydrogen-bond donors (Lipinski definition) is 2. The molecule has 3 rings (SSSR count). The molecule has 24 heavy (non-hydrogen) atoms. The fourth-order valence-corrected chi connectivity index (χ4v) is 3.35. The largest absolute Gasteiger partial charge is 0.364 e. The van der Waals surface area contributed by atoms with Crippen LogP contribution in [0.1, 0.15) is 56.4 Å². The number of aryl methyl sites for hydroxylation is 2. The fraction of sp³-hybridized carbons (Fsp3) is 0.389. The fourth-order valence-electron chi connectivity index (χ4n) is 3.35. The molecule has 0 spiro atoms. The van der Waals surface area contributed by atoms with Crippen molar-refractivity contribution in [3.8, 4) is 0 Å². The SMILES string of the molecule is Cc1cc(C)cc(C(=O)N2CCC(c3cc(C(N)=O)n[nH]3)CC2)c1. The maximum absolute atomic E-state index is 12.7. The van der Waals surface area contributed by atoms with E-state index in [9.17, 15) is 9.59 Å². The Hall–Kier alpha value is -2.63. The number of primary amides is 1. The van der Waals surface area contributed by atoms with Gasteiger partial charge in [0.25, 0.3) is 11.8 Å². The lowest BCUT2D eigenvalue weighted by atomic mass is 9.93. The highest BCUT2D eigenvalue weighted by Gasteiger charge is 2.26. The van der Waals surface area contributed by atoms with Crippen molar-refractivity contribution in [2.24, 2.45) is 5.73 Å². The zero-order valence-corrected chi connectivity index (χ0v) is 14.0. The van der Waals surface area contributed by atoms with Crippen LogP contribution in [0.25, 0.3) is 0 Å². The first-order valence-corrected chi connectivity index (χ1v) is 8.16. The Morgan fingerprint density at radius 1 is 1.12 bits per heavy atom. The summed E-state index contributed by atoms with van der Waals surface area (Å²) in [7, 11) is 0. The van der Waals surface area contributed by atoms with Gasteiger partial charge in [0, 0.05) is 30.3 Å². The van der Waals surface area contributed by atoms with E-state index >= 15 is 0 Å². The van der Waals surface area contributed by atoms with Gasteiger partial charge in [0.2, 0.25) is 0 Å². The van der Waals surface area contributed by atoms with E-state index in [1.165, 1.54) is 0 Å². The molecule has 1 fully saturated rings. The molecule has 0 saturated carbocycles. The zero-order chi connectivity index (χ0) is 17.3. The number of rotatable bonds is 3. The van der Waals surface area contributed by atoms with E-state index in [1.54, 1.807) is 6.07 Å². The van der Waals surface area contributed by atoms with Gasteiger partial charge in [-0.3, -0.25) is 14.7 Å². The van der Waals surface area contributed by atoms with Crippen molar-refractivity contribution in [2.45, 2.75) is 32.6 Å². The number of H-pyrrole nitrogens is 1. The van der Waals surface area contributed by atoms with Gasteiger partial charge in [-0.1, -0.05) is 17.2 Å². The van der Waals surface area contributed by atoms with Gasteiger partial charge in [0.1, 0.15) is 5.69 Å². The summed E-state index contributed by atoms with van der Waals surface area (Å²) in [5.74, 6) is -0.170. The number of aromatic nitrogens is 2. The standard InChI is InChI=1S/C18H22N4O2/c1-11-7-12(2)9-14(8-11)18(24)22-5-3-13(4-6-22)15-10-16(17(19)23)21-20-15/h7-10,13H,3-6H2,1-2H3,(H2,19,23)(H,20,21). The summed E-state index contributed by atoms with van der Waals surface area (Å²) in [6.45, 7) is 5.40. The van der Waals surface area contributed by atoms with Crippen molar-refractivity contribution < 1.29 is 9.59 Å². The maximum atomic E-state index is 12.7. The van der Waals surface area contributed by atoms with Crippen LogP contribution in [0, 0.1) is 13.8 Å². The van der Waals surface area contributed by atoms with Crippen LogP contribution in [0.15, 0.2) is 24.3 Å². The quantitative estimate of drug-likeness (QED) is 0.905. The lowest BCUT2D eigenvalue weighted by Crippen LogP contribution is -2.38. The number of nitrogens with one attached hydrogen (secondary N) is 1. The minimum Gasteiger partial charge on any atom is -0.364 e. The summed E-state index contributed by atoms with van der Waals surface area (Å²) in [5, 5.41) is 6.83. The Balaban J connectivity index is 1.65. The molecule has 2 amide bonds. The van der Waals surface area contributed by atoms with Crippen molar-refractivity contribution in [2.75, 3.05) is 13.1 Å². The van der Waals surface area contributed by atoms with Crippen LogP contribution in [0.3, 0.4) is 0 Å². The molecule has 2 heterocycles. The number of aromatic amines is 1. The van der Waals surface area contributed by atoms with Gasteiger partial charge in [0.05, 0.1) is 0 Å². The van der Waals surface area contributed by atoms with Crippen molar-refractivity contribution in [1.29, 1.82) is 0 Å². The van der Waals surface area contributed by atoms with Crippen molar-refractivity contribution in [1.82, 2.24) is 15.1 Å². The van der Waals surface area contributed by atoms with Crippen molar-refractivity contribution >= 4 is 11.8 Å². The Morgan fingerprint density at radius 2 is 1.75 bits per heavy atom. The number of nitrogens with zero attached hydrogens (tertiary/aromatic N) is 2. The van der Waals surface area contributed by atoms with Crippen molar-refractivity contribution in [3.05, 3.63) is 52.3 Å². The molecular formula is C18H22N4O2. The Morgan fingerprint density at radius 3 is 2.29 bits per heavy atom. The van der Waals surface area contributed by atoms with E-state index < -0.39 is 5.91 Å². The molecule has 6 heteroatoms. The molecule has 1 aliphatic heterocycles.